The SMILES string of the molecule is COc1cccc(C=O)c1OCCc1nccn1C. The van der Waals surface area contributed by atoms with Crippen molar-refractivity contribution in [2.45, 2.75) is 6.42 Å². The summed E-state index contributed by atoms with van der Waals surface area (Å²) in [7, 11) is 3.48. The zero-order chi connectivity index (χ0) is 13.7. The summed E-state index contributed by atoms with van der Waals surface area (Å²) in [6, 6.07) is 5.23. The number of imidazole rings is 1. The van der Waals surface area contributed by atoms with Gasteiger partial charge in [0, 0.05) is 25.9 Å². The van der Waals surface area contributed by atoms with Gasteiger partial charge in [0.15, 0.2) is 17.8 Å². The monoisotopic (exact) mass is 260 g/mol. The van der Waals surface area contributed by atoms with Crippen LogP contribution in [0.2, 0.25) is 0 Å². The number of para-hydroxylation sites is 1. The van der Waals surface area contributed by atoms with Crippen molar-refractivity contribution in [1.82, 2.24) is 9.55 Å². The lowest BCUT2D eigenvalue weighted by molar-refractivity contribution is 0.111. The van der Waals surface area contributed by atoms with Gasteiger partial charge in [0.2, 0.25) is 0 Å². The molecule has 0 aliphatic rings. The summed E-state index contributed by atoms with van der Waals surface area (Å²) in [5.41, 5.74) is 0.485. The second kappa shape index (κ2) is 6.04. The fourth-order valence-corrected chi connectivity index (χ4v) is 1.82. The highest BCUT2D eigenvalue weighted by Crippen LogP contribution is 2.29. The van der Waals surface area contributed by atoms with E-state index in [1.165, 1.54) is 0 Å². The Balaban J connectivity index is 2.06. The minimum atomic E-state index is 0.437. The van der Waals surface area contributed by atoms with Crippen LogP contribution in [0.4, 0.5) is 0 Å². The van der Waals surface area contributed by atoms with E-state index in [9.17, 15) is 4.79 Å². The average Bonchev–Trinajstić information content (AvgIpc) is 2.84. The molecule has 19 heavy (non-hydrogen) atoms. The summed E-state index contributed by atoms with van der Waals surface area (Å²) >= 11 is 0. The Morgan fingerprint density at radius 1 is 1.42 bits per heavy atom. The van der Waals surface area contributed by atoms with E-state index >= 15 is 0 Å². The van der Waals surface area contributed by atoms with Gasteiger partial charge in [-0.25, -0.2) is 4.98 Å². The van der Waals surface area contributed by atoms with Crippen molar-refractivity contribution in [3.8, 4) is 11.5 Å². The first-order valence-electron chi connectivity index (χ1n) is 5.97. The molecule has 1 aromatic heterocycles. The van der Waals surface area contributed by atoms with E-state index in [1.807, 2.05) is 17.8 Å². The van der Waals surface area contributed by atoms with Crippen molar-refractivity contribution in [2.75, 3.05) is 13.7 Å². The average molecular weight is 260 g/mol. The molecule has 0 aliphatic heterocycles. The number of hydrogen-bond donors (Lipinski definition) is 0. The van der Waals surface area contributed by atoms with Crippen LogP contribution in [-0.2, 0) is 13.5 Å². The van der Waals surface area contributed by atoms with Gasteiger partial charge in [-0.1, -0.05) is 6.07 Å². The van der Waals surface area contributed by atoms with Crippen molar-refractivity contribution in [3.05, 3.63) is 42.0 Å². The molecule has 0 spiro atoms. The second-order valence-electron chi connectivity index (χ2n) is 4.05. The third kappa shape index (κ3) is 2.93. The van der Waals surface area contributed by atoms with E-state index in [4.69, 9.17) is 9.47 Å². The van der Waals surface area contributed by atoms with Crippen LogP contribution in [0, 0.1) is 0 Å². The number of ether oxygens (including phenoxy) is 2. The Hall–Kier alpha value is -2.30. The molecule has 0 N–H and O–H groups in total. The zero-order valence-electron chi connectivity index (χ0n) is 11.0. The summed E-state index contributed by atoms with van der Waals surface area (Å²) in [6.45, 7) is 0.437. The third-order valence-electron chi connectivity index (χ3n) is 2.85. The molecule has 0 saturated heterocycles. The van der Waals surface area contributed by atoms with E-state index in [0.717, 1.165) is 12.1 Å². The van der Waals surface area contributed by atoms with Gasteiger partial charge in [0.25, 0.3) is 0 Å². The summed E-state index contributed by atoms with van der Waals surface area (Å²) < 4.78 is 12.8. The van der Waals surface area contributed by atoms with Gasteiger partial charge in [0.05, 0.1) is 19.3 Å². The minimum Gasteiger partial charge on any atom is -0.493 e. The lowest BCUT2D eigenvalue weighted by Crippen LogP contribution is -2.08. The van der Waals surface area contributed by atoms with E-state index in [0.29, 0.717) is 30.1 Å². The first-order valence-corrected chi connectivity index (χ1v) is 5.97. The van der Waals surface area contributed by atoms with Crippen molar-refractivity contribution < 1.29 is 14.3 Å². The van der Waals surface area contributed by atoms with Crippen LogP contribution in [0.15, 0.2) is 30.6 Å². The fraction of sp³-hybridized carbons (Fsp3) is 0.286. The molecule has 0 radical (unpaired) electrons. The molecule has 2 aromatic rings. The van der Waals surface area contributed by atoms with E-state index < -0.39 is 0 Å². The van der Waals surface area contributed by atoms with Gasteiger partial charge in [-0.3, -0.25) is 4.79 Å². The Morgan fingerprint density at radius 2 is 2.26 bits per heavy atom. The molecule has 2 rings (SSSR count). The first kappa shape index (κ1) is 13.1. The number of benzene rings is 1. The van der Waals surface area contributed by atoms with E-state index in [-0.39, 0.29) is 0 Å². The first-order chi connectivity index (χ1) is 9.26. The Kier molecular flexibility index (Phi) is 4.18. The molecule has 0 bridgehead atoms. The van der Waals surface area contributed by atoms with Crippen LogP contribution in [0.5, 0.6) is 11.5 Å². The number of nitrogens with zero attached hydrogens (tertiary/aromatic N) is 2. The molecule has 1 heterocycles. The van der Waals surface area contributed by atoms with Crippen LogP contribution in [0.3, 0.4) is 0 Å². The Morgan fingerprint density at radius 3 is 2.89 bits per heavy atom. The number of aryl methyl sites for hydroxylation is 1. The summed E-state index contributed by atoms with van der Waals surface area (Å²) in [5.74, 6) is 1.97. The molecule has 0 aliphatic carbocycles. The molecular weight excluding hydrogens is 244 g/mol. The van der Waals surface area contributed by atoms with Crippen molar-refractivity contribution >= 4 is 6.29 Å². The van der Waals surface area contributed by atoms with Crippen LogP contribution < -0.4 is 9.47 Å². The fourth-order valence-electron chi connectivity index (χ4n) is 1.82. The maximum Gasteiger partial charge on any atom is 0.171 e. The highest BCUT2D eigenvalue weighted by Gasteiger charge is 2.10. The predicted molar refractivity (Wildman–Crippen MR) is 70.8 cm³/mol. The number of methoxy groups -OCH3 is 1. The van der Waals surface area contributed by atoms with Crippen molar-refractivity contribution in [2.24, 2.45) is 7.05 Å². The molecule has 0 saturated carbocycles. The number of carbonyl (C=O) groups is 1. The quantitative estimate of drug-likeness (QED) is 0.744. The molecule has 1 aromatic carbocycles. The summed E-state index contributed by atoms with van der Waals surface area (Å²) in [4.78, 5) is 15.2. The number of aldehydes is 1. The van der Waals surface area contributed by atoms with Gasteiger partial charge in [-0.15, -0.1) is 0 Å². The Bertz CT molecular complexity index is 564. The molecule has 5 heteroatoms. The topological polar surface area (TPSA) is 53.4 Å². The smallest absolute Gasteiger partial charge is 0.171 e. The maximum absolute atomic E-state index is 11.0. The van der Waals surface area contributed by atoms with Gasteiger partial charge in [-0.2, -0.15) is 0 Å². The van der Waals surface area contributed by atoms with Gasteiger partial charge in [-0.05, 0) is 12.1 Å². The zero-order valence-corrected chi connectivity index (χ0v) is 11.0. The van der Waals surface area contributed by atoms with Crippen molar-refractivity contribution in [3.63, 3.8) is 0 Å². The molecule has 5 nitrogen and oxygen atoms in total. The molecule has 0 fully saturated rings. The molecular formula is C14H16N2O3. The van der Waals surface area contributed by atoms with E-state index in [1.54, 1.807) is 31.5 Å². The number of carbonyl (C=O) groups excluding carboxylic acids is 1. The normalized spacial score (nSPS) is 10.2. The number of aromatic nitrogens is 2. The predicted octanol–water partition coefficient (Wildman–Crippen LogP) is 1.86. The molecule has 0 amide bonds. The van der Waals surface area contributed by atoms with Gasteiger partial charge >= 0.3 is 0 Å². The molecule has 0 atom stereocenters. The van der Waals surface area contributed by atoms with Gasteiger partial charge in [0.1, 0.15) is 5.82 Å². The standard InChI is InChI=1S/C14H16N2O3/c1-16-8-7-15-13(16)6-9-19-14-11(10-17)4-3-5-12(14)18-2/h3-5,7-8,10H,6,9H2,1-2H3. The van der Waals surface area contributed by atoms with Crippen LogP contribution in [0.1, 0.15) is 16.2 Å². The van der Waals surface area contributed by atoms with Crippen LogP contribution in [-0.4, -0.2) is 29.6 Å². The highest BCUT2D eigenvalue weighted by atomic mass is 16.5. The number of rotatable bonds is 6. The van der Waals surface area contributed by atoms with Crippen LogP contribution >= 0.6 is 0 Å². The number of hydrogen-bond acceptors (Lipinski definition) is 4. The summed E-state index contributed by atoms with van der Waals surface area (Å²) in [6.07, 6.45) is 5.06. The lowest BCUT2D eigenvalue weighted by atomic mass is 10.2. The maximum atomic E-state index is 11.0. The lowest BCUT2D eigenvalue weighted by Gasteiger charge is -2.12. The second-order valence-corrected chi connectivity index (χ2v) is 4.05. The minimum absolute atomic E-state index is 0.437. The van der Waals surface area contributed by atoms with Gasteiger partial charge < -0.3 is 14.0 Å². The summed E-state index contributed by atoms with van der Waals surface area (Å²) in [5, 5.41) is 0. The molecule has 0 unspecified atom stereocenters. The Labute approximate surface area is 111 Å². The third-order valence-corrected chi connectivity index (χ3v) is 2.85. The molecule has 100 valence electrons. The van der Waals surface area contributed by atoms with Crippen LogP contribution in [0.25, 0.3) is 0 Å². The van der Waals surface area contributed by atoms with E-state index in [2.05, 4.69) is 4.98 Å². The van der Waals surface area contributed by atoms with Crippen molar-refractivity contribution in [1.29, 1.82) is 0 Å². The highest BCUT2D eigenvalue weighted by molar-refractivity contribution is 5.81. The largest absolute Gasteiger partial charge is 0.493 e.